The number of rotatable bonds is 3. The van der Waals surface area contributed by atoms with Gasteiger partial charge in [-0.15, -0.1) is 0 Å². The first kappa shape index (κ1) is 15.1. The number of nitrogens with zero attached hydrogens (tertiary/aromatic N) is 3. The Hall–Kier alpha value is -2.17. The summed E-state index contributed by atoms with van der Waals surface area (Å²) in [6, 6.07) is 13.6. The molecule has 4 nitrogen and oxygen atoms in total. The van der Waals surface area contributed by atoms with Gasteiger partial charge in [-0.1, -0.05) is 18.2 Å². The summed E-state index contributed by atoms with van der Waals surface area (Å²) in [5, 5.41) is 1.42. The van der Waals surface area contributed by atoms with Crippen LogP contribution in [0.15, 0.2) is 48.8 Å². The lowest BCUT2D eigenvalue weighted by Crippen LogP contribution is -2.51. The van der Waals surface area contributed by atoms with E-state index < -0.39 is 0 Å². The van der Waals surface area contributed by atoms with Crippen LogP contribution >= 0.6 is 0 Å². The van der Waals surface area contributed by atoms with Gasteiger partial charge in [0, 0.05) is 74.2 Å². The molecule has 25 heavy (non-hydrogen) atoms. The molecule has 1 fully saturated rings. The summed E-state index contributed by atoms with van der Waals surface area (Å²) in [5.74, 6) is 0. The minimum atomic E-state index is 0.533. The molecule has 0 bridgehead atoms. The number of H-pyrrole nitrogens is 1. The molecule has 0 amide bonds. The summed E-state index contributed by atoms with van der Waals surface area (Å²) in [7, 11) is 0. The van der Waals surface area contributed by atoms with E-state index in [1.165, 1.54) is 41.8 Å². The predicted molar refractivity (Wildman–Crippen MR) is 101 cm³/mol. The van der Waals surface area contributed by atoms with E-state index in [2.05, 4.69) is 56.2 Å². The molecule has 1 aromatic carbocycles. The fraction of sp³-hybridized carbons (Fsp3) is 0.381. The smallest absolute Gasteiger partial charge is 0.0499 e. The summed E-state index contributed by atoms with van der Waals surface area (Å²) >= 11 is 0. The van der Waals surface area contributed by atoms with E-state index in [9.17, 15) is 0 Å². The zero-order valence-electron chi connectivity index (χ0n) is 14.5. The van der Waals surface area contributed by atoms with Gasteiger partial charge >= 0.3 is 0 Å². The van der Waals surface area contributed by atoms with Gasteiger partial charge < -0.3 is 4.98 Å². The molecule has 2 aliphatic heterocycles. The molecule has 2 aliphatic rings. The number of nitrogens with one attached hydrogen (secondary N) is 1. The molecule has 5 rings (SSSR count). The second kappa shape index (κ2) is 6.28. The highest BCUT2D eigenvalue weighted by Gasteiger charge is 2.34. The molecule has 2 aromatic heterocycles. The number of hydrogen-bond donors (Lipinski definition) is 1. The number of aromatic nitrogens is 2. The van der Waals surface area contributed by atoms with Crippen LogP contribution < -0.4 is 0 Å². The lowest BCUT2D eigenvalue weighted by atomic mass is 9.93. The van der Waals surface area contributed by atoms with E-state index in [1.807, 2.05) is 12.4 Å². The van der Waals surface area contributed by atoms with Crippen LogP contribution in [-0.2, 0) is 12.8 Å². The topological polar surface area (TPSA) is 35.2 Å². The number of pyridine rings is 1. The summed E-state index contributed by atoms with van der Waals surface area (Å²) in [6.45, 7) is 5.81. The largest absolute Gasteiger partial charge is 0.358 e. The maximum Gasteiger partial charge on any atom is 0.0499 e. The van der Waals surface area contributed by atoms with E-state index in [1.54, 1.807) is 5.56 Å². The van der Waals surface area contributed by atoms with Crippen molar-refractivity contribution in [2.24, 2.45) is 0 Å². The van der Waals surface area contributed by atoms with Crippen molar-refractivity contribution in [1.29, 1.82) is 0 Å². The quantitative estimate of drug-likeness (QED) is 0.801. The monoisotopic (exact) mass is 332 g/mol. The maximum atomic E-state index is 4.12. The van der Waals surface area contributed by atoms with Gasteiger partial charge in [0.15, 0.2) is 0 Å². The van der Waals surface area contributed by atoms with Crippen molar-refractivity contribution in [3.8, 4) is 0 Å². The standard InChI is InChI=1S/C21H24N4/c1-2-4-18-17(3-1)21-19(23-18)8-12-25-14-13-24(15-20(21)25)11-7-16-5-9-22-10-6-16/h1-6,9-10,20,23H,7-8,11-15H2/t20-/m0/s1. The lowest BCUT2D eigenvalue weighted by molar-refractivity contribution is 0.0685. The fourth-order valence-electron chi connectivity index (χ4n) is 4.51. The second-order valence-electron chi connectivity index (χ2n) is 7.27. The van der Waals surface area contributed by atoms with Gasteiger partial charge in [-0.05, 0) is 35.7 Å². The van der Waals surface area contributed by atoms with Crippen LogP contribution in [0, 0.1) is 0 Å². The summed E-state index contributed by atoms with van der Waals surface area (Å²) in [5.41, 5.74) is 5.69. The van der Waals surface area contributed by atoms with Crippen LogP contribution in [0.5, 0.6) is 0 Å². The van der Waals surface area contributed by atoms with Crippen molar-refractivity contribution in [2.45, 2.75) is 18.9 Å². The van der Waals surface area contributed by atoms with Crippen molar-refractivity contribution in [1.82, 2.24) is 19.8 Å². The number of hydrogen-bond acceptors (Lipinski definition) is 3. The van der Waals surface area contributed by atoms with Crippen molar-refractivity contribution in [3.05, 3.63) is 65.6 Å². The first-order valence-electron chi connectivity index (χ1n) is 9.33. The highest BCUT2D eigenvalue weighted by molar-refractivity contribution is 5.85. The zero-order valence-corrected chi connectivity index (χ0v) is 14.5. The van der Waals surface area contributed by atoms with Gasteiger partial charge in [0.1, 0.15) is 0 Å². The maximum absolute atomic E-state index is 4.12. The highest BCUT2D eigenvalue weighted by atomic mass is 15.3. The Morgan fingerprint density at radius 1 is 1.04 bits per heavy atom. The molecule has 4 heteroatoms. The Bertz CT molecular complexity index is 870. The van der Waals surface area contributed by atoms with Gasteiger partial charge in [-0.3, -0.25) is 14.8 Å². The third kappa shape index (κ3) is 2.75. The summed E-state index contributed by atoms with van der Waals surface area (Å²) < 4.78 is 0. The molecule has 0 saturated carbocycles. The number of benzene rings is 1. The van der Waals surface area contributed by atoms with Crippen LogP contribution in [0.25, 0.3) is 10.9 Å². The predicted octanol–water partition coefficient (Wildman–Crippen LogP) is 3.02. The van der Waals surface area contributed by atoms with Crippen molar-refractivity contribution >= 4 is 10.9 Å². The number of piperazine rings is 1. The zero-order chi connectivity index (χ0) is 16.6. The van der Waals surface area contributed by atoms with Gasteiger partial charge in [0.25, 0.3) is 0 Å². The number of para-hydroxylation sites is 1. The molecule has 1 N–H and O–H groups in total. The van der Waals surface area contributed by atoms with E-state index in [-0.39, 0.29) is 0 Å². The Labute approximate surface area is 148 Å². The molecular formula is C21H24N4. The van der Waals surface area contributed by atoms with Gasteiger partial charge in [-0.25, -0.2) is 0 Å². The minimum absolute atomic E-state index is 0.533. The normalized spacial score (nSPS) is 21.2. The molecule has 3 aromatic rings. The van der Waals surface area contributed by atoms with Gasteiger partial charge in [-0.2, -0.15) is 0 Å². The molecule has 1 saturated heterocycles. The molecule has 0 unspecified atom stereocenters. The summed E-state index contributed by atoms with van der Waals surface area (Å²) in [4.78, 5) is 13.1. The van der Waals surface area contributed by atoms with Crippen LogP contribution in [-0.4, -0.2) is 52.5 Å². The van der Waals surface area contributed by atoms with Crippen molar-refractivity contribution in [3.63, 3.8) is 0 Å². The average molecular weight is 332 g/mol. The van der Waals surface area contributed by atoms with Gasteiger partial charge in [0.2, 0.25) is 0 Å². The van der Waals surface area contributed by atoms with Crippen molar-refractivity contribution < 1.29 is 0 Å². The van der Waals surface area contributed by atoms with Crippen LogP contribution in [0.4, 0.5) is 0 Å². The van der Waals surface area contributed by atoms with Crippen molar-refractivity contribution in [2.75, 3.05) is 32.7 Å². The third-order valence-corrected chi connectivity index (χ3v) is 5.85. The molecule has 1 atom stereocenters. The Morgan fingerprint density at radius 3 is 2.84 bits per heavy atom. The fourth-order valence-corrected chi connectivity index (χ4v) is 4.51. The average Bonchev–Trinajstić information content (AvgIpc) is 3.06. The first-order chi connectivity index (χ1) is 12.4. The lowest BCUT2D eigenvalue weighted by Gasteiger charge is -2.44. The summed E-state index contributed by atoms with van der Waals surface area (Å²) in [6.07, 6.45) is 6.05. The van der Waals surface area contributed by atoms with E-state index in [0.717, 1.165) is 25.9 Å². The molecule has 0 radical (unpaired) electrons. The van der Waals surface area contributed by atoms with Crippen LogP contribution in [0.1, 0.15) is 22.9 Å². The third-order valence-electron chi connectivity index (χ3n) is 5.85. The van der Waals surface area contributed by atoms with E-state index >= 15 is 0 Å². The Kier molecular flexibility index (Phi) is 3.80. The molecule has 0 aliphatic carbocycles. The molecular weight excluding hydrogens is 308 g/mol. The molecule has 128 valence electrons. The SMILES string of the molecule is c1ccc2c3c([nH]c2c1)CCN1CCN(CCc2ccncc2)C[C@@H]31. The van der Waals surface area contributed by atoms with E-state index in [0.29, 0.717) is 6.04 Å². The Balaban J connectivity index is 1.38. The molecule has 0 spiro atoms. The molecule has 4 heterocycles. The van der Waals surface area contributed by atoms with Crippen LogP contribution in [0.3, 0.4) is 0 Å². The highest BCUT2D eigenvalue weighted by Crippen LogP contribution is 2.37. The Morgan fingerprint density at radius 2 is 1.92 bits per heavy atom. The first-order valence-corrected chi connectivity index (χ1v) is 9.33. The van der Waals surface area contributed by atoms with Crippen LogP contribution in [0.2, 0.25) is 0 Å². The number of aromatic amines is 1. The minimum Gasteiger partial charge on any atom is -0.358 e. The second-order valence-corrected chi connectivity index (χ2v) is 7.27. The van der Waals surface area contributed by atoms with E-state index in [4.69, 9.17) is 0 Å². The van der Waals surface area contributed by atoms with Gasteiger partial charge in [0.05, 0.1) is 0 Å². The number of fused-ring (bicyclic) bond motifs is 5.